The summed E-state index contributed by atoms with van der Waals surface area (Å²) in [6.07, 6.45) is 1.44. The van der Waals surface area contributed by atoms with Crippen molar-refractivity contribution in [1.82, 2.24) is 4.98 Å². The first-order valence-electron chi connectivity index (χ1n) is 7.95. The highest BCUT2D eigenvalue weighted by Crippen LogP contribution is 2.20. The number of nitrogens with zero attached hydrogens (tertiary/aromatic N) is 2. The lowest BCUT2D eigenvalue weighted by Crippen LogP contribution is -2.20. The van der Waals surface area contributed by atoms with Gasteiger partial charge in [-0.2, -0.15) is 5.26 Å². The van der Waals surface area contributed by atoms with Gasteiger partial charge < -0.3 is 14.8 Å². The van der Waals surface area contributed by atoms with Crippen LogP contribution in [0.5, 0.6) is 17.4 Å². The number of pyridine rings is 1. The van der Waals surface area contributed by atoms with Gasteiger partial charge in [0.1, 0.15) is 17.3 Å². The van der Waals surface area contributed by atoms with E-state index >= 15 is 0 Å². The Bertz CT molecular complexity index is 950. The number of carbonyl (C=O) groups excluding carboxylic acids is 1. The van der Waals surface area contributed by atoms with Crippen molar-refractivity contribution in [1.29, 1.82) is 5.26 Å². The van der Waals surface area contributed by atoms with E-state index < -0.39 is 0 Å². The second kappa shape index (κ2) is 8.45. The minimum absolute atomic E-state index is 0.181. The van der Waals surface area contributed by atoms with Crippen molar-refractivity contribution in [3.05, 3.63) is 78.2 Å². The number of aromatic nitrogens is 1. The number of amides is 1. The van der Waals surface area contributed by atoms with E-state index in [4.69, 9.17) is 14.7 Å². The summed E-state index contributed by atoms with van der Waals surface area (Å²) < 4.78 is 23.7. The van der Waals surface area contributed by atoms with Crippen molar-refractivity contribution in [2.75, 3.05) is 11.9 Å². The Hall–Kier alpha value is -3.92. The molecule has 6 nitrogen and oxygen atoms in total. The summed E-state index contributed by atoms with van der Waals surface area (Å²) in [6.45, 7) is -0.181. The zero-order valence-corrected chi connectivity index (χ0v) is 14.1. The highest BCUT2D eigenvalue weighted by Gasteiger charge is 2.06. The summed E-state index contributed by atoms with van der Waals surface area (Å²) in [4.78, 5) is 16.0. The second-order valence-corrected chi connectivity index (χ2v) is 5.41. The van der Waals surface area contributed by atoms with Gasteiger partial charge in [-0.3, -0.25) is 4.79 Å². The zero-order valence-electron chi connectivity index (χ0n) is 14.1. The van der Waals surface area contributed by atoms with E-state index in [0.717, 1.165) is 0 Å². The van der Waals surface area contributed by atoms with Crippen molar-refractivity contribution in [3.8, 4) is 23.4 Å². The van der Waals surface area contributed by atoms with Crippen LogP contribution < -0.4 is 14.8 Å². The molecule has 0 fully saturated rings. The maximum absolute atomic E-state index is 12.9. The van der Waals surface area contributed by atoms with Gasteiger partial charge in [0.15, 0.2) is 6.61 Å². The molecule has 1 N–H and O–H groups in total. The number of ether oxygens (including phenoxy) is 2. The predicted octanol–water partition coefficient (Wildman–Crippen LogP) is 3.90. The normalized spacial score (nSPS) is 9.93. The molecule has 1 heterocycles. The molecule has 0 saturated carbocycles. The van der Waals surface area contributed by atoms with E-state index in [0.29, 0.717) is 28.6 Å². The summed E-state index contributed by atoms with van der Waals surface area (Å²) in [6, 6.07) is 17.2. The Labute approximate surface area is 154 Å². The molecule has 7 heteroatoms. The summed E-state index contributed by atoms with van der Waals surface area (Å²) in [5.41, 5.74) is 0.996. The van der Waals surface area contributed by atoms with Gasteiger partial charge in [0.05, 0.1) is 23.5 Å². The Morgan fingerprint density at radius 1 is 1.04 bits per heavy atom. The van der Waals surface area contributed by atoms with E-state index in [2.05, 4.69) is 10.3 Å². The molecule has 0 aliphatic carbocycles. The molecular formula is C20H14FN3O3. The van der Waals surface area contributed by atoms with Gasteiger partial charge in [-0.25, -0.2) is 9.37 Å². The van der Waals surface area contributed by atoms with Crippen LogP contribution in [0.1, 0.15) is 5.56 Å². The van der Waals surface area contributed by atoms with Crippen LogP contribution in [0.2, 0.25) is 0 Å². The molecule has 0 radical (unpaired) electrons. The Morgan fingerprint density at radius 3 is 2.37 bits per heavy atom. The number of hydrogen-bond donors (Lipinski definition) is 1. The number of carbonyl (C=O) groups is 1. The SMILES string of the molecule is N#Cc1ccc(OCC(=O)Nc2ccc(Oc3ccc(F)cc3)nc2)cc1. The van der Waals surface area contributed by atoms with E-state index in [-0.39, 0.29) is 18.3 Å². The monoisotopic (exact) mass is 363 g/mol. The fourth-order valence-electron chi connectivity index (χ4n) is 2.11. The van der Waals surface area contributed by atoms with Gasteiger partial charge >= 0.3 is 0 Å². The first-order chi connectivity index (χ1) is 13.1. The van der Waals surface area contributed by atoms with Crippen LogP contribution in [0.15, 0.2) is 66.9 Å². The van der Waals surface area contributed by atoms with Gasteiger partial charge in [-0.15, -0.1) is 0 Å². The summed E-state index contributed by atoms with van der Waals surface area (Å²) in [5, 5.41) is 11.4. The van der Waals surface area contributed by atoms with Crippen LogP contribution in [0.3, 0.4) is 0 Å². The van der Waals surface area contributed by atoms with Crippen LogP contribution in [-0.4, -0.2) is 17.5 Å². The molecule has 0 atom stereocenters. The zero-order chi connectivity index (χ0) is 19.1. The lowest BCUT2D eigenvalue weighted by atomic mass is 10.2. The van der Waals surface area contributed by atoms with E-state index in [9.17, 15) is 9.18 Å². The maximum atomic E-state index is 12.9. The Kier molecular flexibility index (Phi) is 5.60. The number of hydrogen-bond acceptors (Lipinski definition) is 5. The molecule has 27 heavy (non-hydrogen) atoms. The lowest BCUT2D eigenvalue weighted by molar-refractivity contribution is -0.118. The number of rotatable bonds is 6. The molecule has 2 aromatic carbocycles. The van der Waals surface area contributed by atoms with Crippen LogP contribution in [0, 0.1) is 17.1 Å². The fraction of sp³-hybridized carbons (Fsp3) is 0.0500. The number of nitriles is 1. The van der Waals surface area contributed by atoms with Crippen LogP contribution >= 0.6 is 0 Å². The number of benzene rings is 2. The third-order valence-electron chi connectivity index (χ3n) is 3.41. The van der Waals surface area contributed by atoms with Gasteiger partial charge in [0.2, 0.25) is 5.88 Å². The predicted molar refractivity (Wildman–Crippen MR) is 96.0 cm³/mol. The van der Waals surface area contributed by atoms with Crippen LogP contribution in [0.4, 0.5) is 10.1 Å². The van der Waals surface area contributed by atoms with Gasteiger partial charge in [0, 0.05) is 6.07 Å². The van der Waals surface area contributed by atoms with Crippen molar-refractivity contribution in [2.45, 2.75) is 0 Å². The van der Waals surface area contributed by atoms with Gasteiger partial charge in [-0.1, -0.05) is 0 Å². The molecule has 0 aliphatic heterocycles. The Morgan fingerprint density at radius 2 is 1.74 bits per heavy atom. The molecule has 3 rings (SSSR count). The van der Waals surface area contributed by atoms with Crippen molar-refractivity contribution >= 4 is 11.6 Å². The van der Waals surface area contributed by atoms with E-state index in [1.807, 2.05) is 6.07 Å². The molecule has 3 aromatic rings. The summed E-state index contributed by atoms with van der Waals surface area (Å²) >= 11 is 0. The molecule has 1 amide bonds. The van der Waals surface area contributed by atoms with Crippen molar-refractivity contribution in [2.24, 2.45) is 0 Å². The first-order valence-corrected chi connectivity index (χ1v) is 7.95. The quantitative estimate of drug-likeness (QED) is 0.718. The van der Waals surface area contributed by atoms with Crippen molar-refractivity contribution < 1.29 is 18.7 Å². The summed E-state index contributed by atoms with van der Waals surface area (Å²) in [5.74, 6) is 0.556. The fourth-order valence-corrected chi connectivity index (χ4v) is 2.11. The largest absolute Gasteiger partial charge is 0.484 e. The van der Waals surface area contributed by atoms with Gasteiger partial charge in [0.25, 0.3) is 5.91 Å². The third kappa shape index (κ3) is 5.28. The standard InChI is InChI=1S/C20H14FN3O3/c21-15-3-8-18(9-4-15)27-20-10-5-16(12-23-20)24-19(25)13-26-17-6-1-14(11-22)2-7-17/h1-10,12H,13H2,(H,24,25). The van der Waals surface area contributed by atoms with E-state index in [1.54, 1.807) is 36.4 Å². The number of halogens is 1. The molecule has 0 aliphatic rings. The second-order valence-electron chi connectivity index (χ2n) is 5.41. The molecular weight excluding hydrogens is 349 g/mol. The van der Waals surface area contributed by atoms with Crippen molar-refractivity contribution in [3.63, 3.8) is 0 Å². The minimum Gasteiger partial charge on any atom is -0.484 e. The average Bonchev–Trinajstić information content (AvgIpc) is 2.70. The molecule has 0 saturated heterocycles. The molecule has 1 aromatic heterocycles. The topological polar surface area (TPSA) is 84.2 Å². The van der Waals surface area contributed by atoms with Crippen LogP contribution in [-0.2, 0) is 4.79 Å². The van der Waals surface area contributed by atoms with E-state index in [1.165, 1.54) is 30.5 Å². The highest BCUT2D eigenvalue weighted by molar-refractivity contribution is 5.91. The first kappa shape index (κ1) is 17.9. The Balaban J connectivity index is 1.50. The van der Waals surface area contributed by atoms with Gasteiger partial charge in [-0.05, 0) is 54.6 Å². The minimum atomic E-state index is -0.353. The summed E-state index contributed by atoms with van der Waals surface area (Å²) in [7, 11) is 0. The number of nitrogens with one attached hydrogen (secondary N) is 1. The lowest BCUT2D eigenvalue weighted by Gasteiger charge is -2.08. The third-order valence-corrected chi connectivity index (χ3v) is 3.41. The highest BCUT2D eigenvalue weighted by atomic mass is 19.1. The smallest absolute Gasteiger partial charge is 0.262 e. The molecule has 0 unspecified atom stereocenters. The molecule has 134 valence electrons. The van der Waals surface area contributed by atoms with Crippen LogP contribution in [0.25, 0.3) is 0 Å². The number of anilines is 1. The molecule has 0 spiro atoms. The molecule has 0 bridgehead atoms. The average molecular weight is 363 g/mol. The maximum Gasteiger partial charge on any atom is 0.262 e.